The maximum Gasteiger partial charge on any atom is 0.128 e. The fraction of sp³-hybridized carbons (Fsp3) is 0.667. The Bertz CT molecular complexity index is 359. The quantitative estimate of drug-likeness (QED) is 0.867. The summed E-state index contributed by atoms with van der Waals surface area (Å²) in [5, 5.41) is 3.50. The minimum Gasteiger partial charge on any atom is -0.356 e. The summed E-state index contributed by atoms with van der Waals surface area (Å²) < 4.78 is 0. The summed E-state index contributed by atoms with van der Waals surface area (Å²) in [6.07, 6.45) is 5.76. The van der Waals surface area contributed by atoms with E-state index in [1.807, 2.05) is 6.20 Å². The molecule has 0 spiro atoms. The predicted octanol–water partition coefficient (Wildman–Crippen LogP) is 2.61. The topological polar surface area (TPSA) is 28.2 Å². The highest BCUT2D eigenvalue weighted by atomic mass is 15.2. The maximum atomic E-state index is 4.53. The monoisotopic (exact) mass is 247 g/mol. The fourth-order valence-electron chi connectivity index (χ4n) is 2.65. The Balaban J connectivity index is 2.02. The molecule has 0 amide bonds. The van der Waals surface area contributed by atoms with Crippen LogP contribution in [-0.4, -0.2) is 31.2 Å². The molecule has 3 heteroatoms. The van der Waals surface area contributed by atoms with Gasteiger partial charge in [-0.05, 0) is 62.9 Å². The predicted molar refractivity (Wildman–Crippen MR) is 77.1 cm³/mol. The van der Waals surface area contributed by atoms with Crippen LogP contribution in [0.3, 0.4) is 0 Å². The second-order valence-corrected chi connectivity index (χ2v) is 5.35. The van der Waals surface area contributed by atoms with Gasteiger partial charge in [0.2, 0.25) is 0 Å². The molecule has 2 heterocycles. The zero-order valence-electron chi connectivity index (χ0n) is 11.7. The Kier molecular flexibility index (Phi) is 5.00. The lowest BCUT2D eigenvalue weighted by atomic mass is 9.99. The van der Waals surface area contributed by atoms with E-state index < -0.39 is 0 Å². The number of anilines is 1. The number of hydrogen-bond donors (Lipinski definition) is 1. The second kappa shape index (κ2) is 6.74. The third-order valence-electron chi connectivity index (χ3n) is 3.60. The minimum absolute atomic E-state index is 0.771. The summed E-state index contributed by atoms with van der Waals surface area (Å²) in [7, 11) is 0. The smallest absolute Gasteiger partial charge is 0.128 e. The van der Waals surface area contributed by atoms with Crippen LogP contribution in [0.15, 0.2) is 18.3 Å². The molecule has 0 aliphatic carbocycles. The molecule has 1 aliphatic rings. The van der Waals surface area contributed by atoms with Crippen LogP contribution >= 0.6 is 0 Å². The second-order valence-electron chi connectivity index (χ2n) is 5.35. The Morgan fingerprint density at radius 2 is 2.39 bits per heavy atom. The van der Waals surface area contributed by atoms with Crippen LogP contribution in [0.1, 0.15) is 31.7 Å². The number of nitrogens with zero attached hydrogens (tertiary/aromatic N) is 2. The average Bonchev–Trinajstić information content (AvgIpc) is 2.39. The molecule has 1 N–H and O–H groups in total. The zero-order valence-corrected chi connectivity index (χ0v) is 11.7. The molecular formula is C15H25N3. The van der Waals surface area contributed by atoms with E-state index in [0.29, 0.717) is 0 Å². The summed E-state index contributed by atoms with van der Waals surface area (Å²) in [6, 6.07) is 4.27. The molecule has 0 radical (unpaired) electrons. The molecule has 1 atom stereocenters. The van der Waals surface area contributed by atoms with Crippen molar-refractivity contribution in [3.8, 4) is 0 Å². The maximum absolute atomic E-state index is 4.53. The first-order valence-corrected chi connectivity index (χ1v) is 7.18. The van der Waals surface area contributed by atoms with Crippen LogP contribution in [0, 0.1) is 12.8 Å². The van der Waals surface area contributed by atoms with Crippen molar-refractivity contribution in [1.82, 2.24) is 10.3 Å². The number of hydrogen-bond acceptors (Lipinski definition) is 3. The van der Waals surface area contributed by atoms with Gasteiger partial charge in [-0.1, -0.05) is 6.92 Å². The fourth-order valence-corrected chi connectivity index (χ4v) is 2.65. The summed E-state index contributed by atoms with van der Waals surface area (Å²) in [5.41, 5.74) is 1.29. The lowest BCUT2D eigenvalue weighted by Gasteiger charge is -2.31. The number of aryl methyl sites for hydroxylation is 1. The van der Waals surface area contributed by atoms with Crippen molar-refractivity contribution >= 4 is 5.82 Å². The molecule has 0 aromatic carbocycles. The molecule has 1 aliphatic heterocycles. The third kappa shape index (κ3) is 3.70. The zero-order chi connectivity index (χ0) is 12.8. The summed E-state index contributed by atoms with van der Waals surface area (Å²) in [4.78, 5) is 6.98. The van der Waals surface area contributed by atoms with Gasteiger partial charge in [-0.2, -0.15) is 0 Å². The highest BCUT2D eigenvalue weighted by Gasteiger charge is 2.17. The van der Waals surface area contributed by atoms with Crippen molar-refractivity contribution in [3.63, 3.8) is 0 Å². The Morgan fingerprint density at radius 1 is 1.50 bits per heavy atom. The number of pyridine rings is 1. The van der Waals surface area contributed by atoms with Gasteiger partial charge in [0.15, 0.2) is 0 Å². The summed E-state index contributed by atoms with van der Waals surface area (Å²) >= 11 is 0. The van der Waals surface area contributed by atoms with Crippen molar-refractivity contribution in [2.75, 3.05) is 31.1 Å². The van der Waals surface area contributed by atoms with Crippen molar-refractivity contribution in [2.45, 2.75) is 33.1 Å². The molecule has 1 saturated heterocycles. The van der Waals surface area contributed by atoms with Gasteiger partial charge in [0.25, 0.3) is 0 Å². The molecule has 18 heavy (non-hydrogen) atoms. The van der Waals surface area contributed by atoms with Gasteiger partial charge in [-0.3, -0.25) is 0 Å². The van der Waals surface area contributed by atoms with E-state index >= 15 is 0 Å². The normalized spacial score (nSPS) is 19.8. The van der Waals surface area contributed by atoms with Crippen molar-refractivity contribution in [3.05, 3.63) is 23.9 Å². The highest BCUT2D eigenvalue weighted by molar-refractivity contribution is 5.40. The van der Waals surface area contributed by atoms with E-state index in [1.165, 1.54) is 31.4 Å². The molecule has 100 valence electrons. The molecule has 1 aromatic heterocycles. The van der Waals surface area contributed by atoms with E-state index in [-0.39, 0.29) is 0 Å². The largest absolute Gasteiger partial charge is 0.356 e. The van der Waals surface area contributed by atoms with Crippen LogP contribution in [-0.2, 0) is 0 Å². The number of piperidine rings is 1. The van der Waals surface area contributed by atoms with Crippen molar-refractivity contribution in [1.29, 1.82) is 0 Å². The van der Waals surface area contributed by atoms with Gasteiger partial charge in [0.1, 0.15) is 5.82 Å². The van der Waals surface area contributed by atoms with E-state index in [0.717, 1.165) is 31.4 Å². The van der Waals surface area contributed by atoms with Gasteiger partial charge in [0, 0.05) is 19.3 Å². The number of rotatable bonds is 5. The molecule has 1 fully saturated rings. The standard InChI is InChI=1S/C15H25N3/c1-3-9-18(12-14-5-4-7-16-11-14)15-10-13(2)6-8-17-15/h6,8,10,14,16H,3-5,7,9,11-12H2,1-2H3. The number of aromatic nitrogens is 1. The Morgan fingerprint density at radius 3 is 3.06 bits per heavy atom. The summed E-state index contributed by atoms with van der Waals surface area (Å²) in [5.74, 6) is 1.91. The van der Waals surface area contributed by atoms with Gasteiger partial charge < -0.3 is 10.2 Å². The molecule has 0 bridgehead atoms. The van der Waals surface area contributed by atoms with Crippen LogP contribution < -0.4 is 10.2 Å². The number of nitrogens with one attached hydrogen (secondary N) is 1. The molecule has 2 rings (SSSR count). The minimum atomic E-state index is 0.771. The Hall–Kier alpha value is -1.09. The lowest BCUT2D eigenvalue weighted by Crippen LogP contribution is -2.39. The van der Waals surface area contributed by atoms with E-state index in [9.17, 15) is 0 Å². The van der Waals surface area contributed by atoms with Crippen molar-refractivity contribution < 1.29 is 0 Å². The van der Waals surface area contributed by atoms with E-state index in [2.05, 4.69) is 41.2 Å². The molecular weight excluding hydrogens is 222 g/mol. The lowest BCUT2D eigenvalue weighted by molar-refractivity contribution is 0.376. The average molecular weight is 247 g/mol. The summed E-state index contributed by atoms with van der Waals surface area (Å²) in [6.45, 7) is 8.96. The van der Waals surface area contributed by atoms with Crippen LogP contribution in [0.4, 0.5) is 5.82 Å². The molecule has 3 nitrogen and oxygen atoms in total. The van der Waals surface area contributed by atoms with Gasteiger partial charge in [-0.15, -0.1) is 0 Å². The molecule has 1 unspecified atom stereocenters. The Labute approximate surface area is 111 Å². The van der Waals surface area contributed by atoms with Crippen LogP contribution in [0.25, 0.3) is 0 Å². The van der Waals surface area contributed by atoms with Crippen LogP contribution in [0.5, 0.6) is 0 Å². The first kappa shape index (κ1) is 13.3. The van der Waals surface area contributed by atoms with E-state index in [1.54, 1.807) is 0 Å². The molecule has 1 aromatic rings. The van der Waals surface area contributed by atoms with Gasteiger partial charge in [0.05, 0.1) is 0 Å². The molecule has 0 saturated carbocycles. The third-order valence-corrected chi connectivity index (χ3v) is 3.60. The first-order valence-electron chi connectivity index (χ1n) is 7.18. The highest BCUT2D eigenvalue weighted by Crippen LogP contribution is 2.18. The van der Waals surface area contributed by atoms with Crippen LogP contribution in [0.2, 0.25) is 0 Å². The first-order chi connectivity index (χ1) is 8.79. The van der Waals surface area contributed by atoms with Gasteiger partial charge >= 0.3 is 0 Å². The van der Waals surface area contributed by atoms with Gasteiger partial charge in [-0.25, -0.2) is 4.98 Å². The SMILES string of the molecule is CCCN(CC1CCCNC1)c1cc(C)ccn1. The van der Waals surface area contributed by atoms with Crippen molar-refractivity contribution in [2.24, 2.45) is 5.92 Å². The van der Waals surface area contributed by atoms with E-state index in [4.69, 9.17) is 0 Å².